The third-order valence-corrected chi connectivity index (χ3v) is 17.0. The molecule has 25 atom stereocenters. The van der Waals surface area contributed by atoms with E-state index in [0.29, 0.717) is 36.5 Å². The first-order valence-corrected chi connectivity index (χ1v) is 22.3. The van der Waals surface area contributed by atoms with E-state index in [0.717, 1.165) is 50.7 Å². The van der Waals surface area contributed by atoms with E-state index in [2.05, 4.69) is 33.8 Å². The third kappa shape index (κ3) is 7.02. The predicted octanol–water partition coefficient (Wildman–Crippen LogP) is 0.463. The maximum atomic E-state index is 11.4. The van der Waals surface area contributed by atoms with Gasteiger partial charge in [-0.1, -0.05) is 39.3 Å². The molecule has 9 aliphatic rings. The first-order chi connectivity index (χ1) is 28.0. The Balaban J connectivity index is 0.993. The van der Waals surface area contributed by atoms with Gasteiger partial charge in [0.1, 0.15) is 54.9 Å². The number of rotatable bonds is 6. The van der Waals surface area contributed by atoms with Crippen LogP contribution in [-0.2, 0) is 37.9 Å². The highest BCUT2D eigenvalue weighted by Crippen LogP contribution is 2.71. The van der Waals surface area contributed by atoms with Crippen molar-refractivity contribution in [1.82, 2.24) is 0 Å². The molecule has 16 nitrogen and oxygen atoms in total. The summed E-state index contributed by atoms with van der Waals surface area (Å²) in [6.07, 6.45) is -10.9. The molecular formula is C43H68O16. The van der Waals surface area contributed by atoms with Crippen LogP contribution in [0.2, 0.25) is 0 Å². The maximum Gasteiger partial charge on any atom is 0.187 e. The van der Waals surface area contributed by atoms with Crippen LogP contribution in [0.25, 0.3) is 0 Å². The average Bonchev–Trinajstić information content (AvgIpc) is 3.65. The Kier molecular flexibility index (Phi) is 11.7. The Morgan fingerprint density at radius 3 is 2.15 bits per heavy atom. The Labute approximate surface area is 346 Å². The first-order valence-electron chi connectivity index (χ1n) is 22.3. The van der Waals surface area contributed by atoms with Crippen molar-refractivity contribution in [3.05, 3.63) is 11.6 Å². The monoisotopic (exact) mass is 840 g/mol. The number of hydrogen-bond acceptors (Lipinski definition) is 16. The van der Waals surface area contributed by atoms with E-state index >= 15 is 0 Å². The summed E-state index contributed by atoms with van der Waals surface area (Å²) >= 11 is 0. The molecule has 0 radical (unpaired) electrons. The maximum absolute atomic E-state index is 11.4. The van der Waals surface area contributed by atoms with E-state index in [1.165, 1.54) is 6.92 Å². The van der Waals surface area contributed by atoms with E-state index in [-0.39, 0.29) is 36.6 Å². The van der Waals surface area contributed by atoms with Crippen molar-refractivity contribution in [2.45, 2.75) is 190 Å². The van der Waals surface area contributed by atoms with Gasteiger partial charge >= 0.3 is 0 Å². The van der Waals surface area contributed by atoms with Crippen LogP contribution >= 0.6 is 0 Å². The van der Waals surface area contributed by atoms with Gasteiger partial charge < -0.3 is 78.7 Å². The molecule has 0 aromatic rings. The molecule has 3 saturated carbocycles. The van der Waals surface area contributed by atoms with E-state index in [1.807, 2.05) is 0 Å². The van der Waals surface area contributed by atoms with Crippen molar-refractivity contribution in [2.24, 2.45) is 46.3 Å². The topological polar surface area (TPSA) is 236 Å². The van der Waals surface area contributed by atoms with Crippen molar-refractivity contribution in [2.75, 3.05) is 19.8 Å². The zero-order valence-corrected chi connectivity index (χ0v) is 34.9. The van der Waals surface area contributed by atoms with E-state index in [1.54, 1.807) is 0 Å². The van der Waals surface area contributed by atoms with Crippen molar-refractivity contribution < 1.29 is 78.7 Å². The molecule has 1 spiro atoms. The standard InChI is InChI=1S/C43H68O16/c1-18-8-11-43(54-15-18)19(2)30-28(59-43)14-25-23-7-6-21-12-22(44)13-29(42(21,5)24(23)9-10-41(25,30)4)56-40-37(58-39-35(51)33(49)31(47)20(3)55-39)36(27(46)17-53-40)57-38-34(50)32(48)26(45)16-52-38/h6,18-20,22-40,44-51H,7-17H2,1-5H3/t18-,19-,20-,22+,23+,24-,25-,26+,27-,28-,29+,30-,31-,32-,33+,34+,35+,36-,37+,38-,39-,40-,41-,42-,43+/m0/s1. The smallest absolute Gasteiger partial charge is 0.187 e. The molecule has 0 unspecified atom stereocenters. The molecule has 0 bridgehead atoms. The number of aliphatic hydroxyl groups excluding tert-OH is 8. The highest BCUT2D eigenvalue weighted by Gasteiger charge is 2.69. The molecule has 8 fully saturated rings. The molecule has 9 rings (SSSR count). The molecule has 0 amide bonds. The van der Waals surface area contributed by atoms with Crippen molar-refractivity contribution >= 4 is 0 Å². The normalized spacial score (nSPS) is 58.7. The van der Waals surface area contributed by atoms with Gasteiger partial charge in [-0.2, -0.15) is 0 Å². The van der Waals surface area contributed by atoms with Gasteiger partial charge in [-0.05, 0) is 80.5 Å². The Bertz CT molecular complexity index is 1540. The number of allylic oxidation sites excluding steroid dienone is 1. The van der Waals surface area contributed by atoms with Crippen LogP contribution in [0, 0.1) is 46.3 Å². The second-order valence-corrected chi connectivity index (χ2v) is 20.3. The molecule has 5 saturated heterocycles. The van der Waals surface area contributed by atoms with Crippen LogP contribution in [0.5, 0.6) is 0 Å². The second kappa shape index (κ2) is 16.0. The van der Waals surface area contributed by atoms with Crippen LogP contribution in [0.1, 0.15) is 86.0 Å². The SMILES string of the molecule is C[C@H]1CC[C@@]2(OC1)O[C@H]1C[C@H]3[C@@H]4CC=C5C[C@@H](O)C[C@@H](O[C@@H]6OC[C@H](O)[C@H](O[C@@H]7OC[C@@H](O)[C@H](O)[C@H]7O)[C@H]6O[C@@H]6O[C@@H](C)[C@H](O)[C@@H](O)[C@H]6O)[C@]5(C)[C@H]4CC[C@]3(C)[C@H]1[C@@H]2C. The van der Waals surface area contributed by atoms with Gasteiger partial charge in [0.25, 0.3) is 0 Å². The third-order valence-electron chi connectivity index (χ3n) is 17.0. The van der Waals surface area contributed by atoms with E-state index in [9.17, 15) is 40.9 Å². The molecule has 5 heterocycles. The Hall–Kier alpha value is -0.900. The van der Waals surface area contributed by atoms with Gasteiger partial charge in [-0.15, -0.1) is 0 Å². The number of fused-ring (bicyclic) bond motifs is 7. The highest BCUT2D eigenvalue weighted by molar-refractivity contribution is 5.29. The summed E-state index contributed by atoms with van der Waals surface area (Å²) in [5.41, 5.74) is 0.698. The second-order valence-electron chi connectivity index (χ2n) is 20.3. The van der Waals surface area contributed by atoms with Crippen LogP contribution in [0.3, 0.4) is 0 Å². The molecule has 336 valence electrons. The molecule has 0 aromatic heterocycles. The van der Waals surface area contributed by atoms with Crippen LogP contribution in [0.15, 0.2) is 11.6 Å². The highest BCUT2D eigenvalue weighted by atomic mass is 16.8. The molecule has 8 N–H and O–H groups in total. The van der Waals surface area contributed by atoms with Gasteiger partial charge in [0, 0.05) is 24.2 Å². The lowest BCUT2D eigenvalue weighted by atomic mass is 9.46. The summed E-state index contributed by atoms with van der Waals surface area (Å²) in [7, 11) is 0. The lowest BCUT2D eigenvalue weighted by molar-refractivity contribution is -0.382. The van der Waals surface area contributed by atoms with Crippen molar-refractivity contribution in [3.8, 4) is 0 Å². The fourth-order valence-electron chi connectivity index (χ4n) is 13.6. The van der Waals surface area contributed by atoms with Gasteiger partial charge in [0.2, 0.25) is 0 Å². The van der Waals surface area contributed by atoms with Crippen molar-refractivity contribution in [3.63, 3.8) is 0 Å². The van der Waals surface area contributed by atoms with Gasteiger partial charge in [0.15, 0.2) is 24.7 Å². The fraction of sp³-hybridized carbons (Fsp3) is 0.953. The molecule has 4 aliphatic carbocycles. The molecule has 59 heavy (non-hydrogen) atoms. The predicted molar refractivity (Wildman–Crippen MR) is 204 cm³/mol. The zero-order chi connectivity index (χ0) is 41.9. The summed E-state index contributed by atoms with van der Waals surface area (Å²) in [5, 5.41) is 86.2. The minimum absolute atomic E-state index is 0.0744. The number of hydrogen-bond donors (Lipinski definition) is 8. The lowest BCUT2D eigenvalue weighted by Crippen LogP contribution is -2.65. The first kappa shape index (κ1) is 43.4. The van der Waals surface area contributed by atoms with Crippen LogP contribution < -0.4 is 0 Å². The summed E-state index contributed by atoms with van der Waals surface area (Å²) < 4.78 is 50.6. The number of ether oxygens (including phenoxy) is 8. The lowest BCUT2D eigenvalue weighted by Gasteiger charge is -2.60. The molecule has 0 aromatic carbocycles. The fourth-order valence-corrected chi connectivity index (χ4v) is 13.6. The zero-order valence-electron chi connectivity index (χ0n) is 34.9. The van der Waals surface area contributed by atoms with Gasteiger partial charge in [0.05, 0.1) is 44.2 Å². The molecular weight excluding hydrogens is 772 g/mol. The average molecular weight is 841 g/mol. The Morgan fingerprint density at radius 1 is 0.695 bits per heavy atom. The molecule has 16 heteroatoms. The summed E-state index contributed by atoms with van der Waals surface area (Å²) in [6, 6.07) is 0. The van der Waals surface area contributed by atoms with Crippen molar-refractivity contribution in [1.29, 1.82) is 0 Å². The summed E-state index contributed by atoms with van der Waals surface area (Å²) in [6.45, 7) is 10.9. The van der Waals surface area contributed by atoms with E-state index < -0.39 is 103 Å². The van der Waals surface area contributed by atoms with Crippen LogP contribution in [-0.4, -0.2) is 165 Å². The number of aliphatic hydroxyl groups is 8. The van der Waals surface area contributed by atoms with Gasteiger partial charge in [-0.25, -0.2) is 0 Å². The minimum Gasteiger partial charge on any atom is -0.393 e. The summed E-state index contributed by atoms with van der Waals surface area (Å²) in [4.78, 5) is 0. The Morgan fingerprint density at radius 2 is 1.41 bits per heavy atom. The summed E-state index contributed by atoms with van der Waals surface area (Å²) in [5.74, 6) is 1.70. The minimum atomic E-state index is -1.71. The molecule has 5 aliphatic heterocycles. The van der Waals surface area contributed by atoms with Gasteiger partial charge in [-0.3, -0.25) is 0 Å². The quantitative estimate of drug-likeness (QED) is 0.170. The van der Waals surface area contributed by atoms with E-state index in [4.69, 9.17) is 37.9 Å². The largest absolute Gasteiger partial charge is 0.393 e. The van der Waals surface area contributed by atoms with Crippen LogP contribution in [0.4, 0.5) is 0 Å².